The van der Waals surface area contributed by atoms with Crippen LogP contribution in [0.1, 0.15) is 10.4 Å². The SMILES string of the molecule is O=C(O[C@H]([C@H](O)[C@@H](O)CO)[C@@H](O)CO)c1ccc(O)cc1. The van der Waals surface area contributed by atoms with Crippen molar-refractivity contribution in [2.45, 2.75) is 24.4 Å². The Kier molecular flexibility index (Phi) is 6.53. The van der Waals surface area contributed by atoms with Crippen molar-refractivity contribution in [3.05, 3.63) is 29.8 Å². The van der Waals surface area contributed by atoms with Gasteiger partial charge >= 0.3 is 5.97 Å². The van der Waals surface area contributed by atoms with Crippen LogP contribution in [0.2, 0.25) is 0 Å². The van der Waals surface area contributed by atoms with Crippen LogP contribution in [-0.4, -0.2) is 74.2 Å². The quantitative estimate of drug-likeness (QED) is 0.316. The molecule has 0 saturated heterocycles. The zero-order valence-corrected chi connectivity index (χ0v) is 11.0. The van der Waals surface area contributed by atoms with E-state index in [9.17, 15) is 20.1 Å². The molecule has 0 fully saturated rings. The molecule has 0 heterocycles. The fourth-order valence-electron chi connectivity index (χ4n) is 1.60. The second-order valence-electron chi connectivity index (χ2n) is 4.41. The largest absolute Gasteiger partial charge is 0.508 e. The number of rotatable bonds is 7. The van der Waals surface area contributed by atoms with Crippen LogP contribution in [0.15, 0.2) is 24.3 Å². The highest BCUT2D eigenvalue weighted by Gasteiger charge is 2.35. The Morgan fingerprint density at radius 1 is 1.00 bits per heavy atom. The van der Waals surface area contributed by atoms with E-state index in [-0.39, 0.29) is 11.3 Å². The van der Waals surface area contributed by atoms with Gasteiger partial charge in [-0.05, 0) is 24.3 Å². The highest BCUT2D eigenvalue weighted by Crippen LogP contribution is 2.15. The first-order valence-corrected chi connectivity index (χ1v) is 6.16. The summed E-state index contributed by atoms with van der Waals surface area (Å²) in [6.45, 7) is -1.63. The average molecular weight is 302 g/mol. The Labute approximate surface area is 120 Å². The van der Waals surface area contributed by atoms with E-state index in [1.165, 1.54) is 24.3 Å². The lowest BCUT2D eigenvalue weighted by Crippen LogP contribution is -2.49. The molecule has 0 spiro atoms. The number of ether oxygens (including phenoxy) is 1. The third-order valence-corrected chi connectivity index (χ3v) is 2.83. The van der Waals surface area contributed by atoms with E-state index in [1.54, 1.807) is 0 Å². The zero-order chi connectivity index (χ0) is 16.0. The number of aliphatic hydroxyl groups is 5. The van der Waals surface area contributed by atoms with Crippen molar-refractivity contribution in [2.24, 2.45) is 0 Å². The molecule has 0 aliphatic carbocycles. The highest BCUT2D eigenvalue weighted by atomic mass is 16.6. The van der Waals surface area contributed by atoms with Crippen molar-refractivity contribution < 1.29 is 40.2 Å². The lowest BCUT2D eigenvalue weighted by Gasteiger charge is -2.28. The maximum atomic E-state index is 11.9. The number of phenolic OH excluding ortho intramolecular Hbond substituents is 1. The van der Waals surface area contributed by atoms with E-state index >= 15 is 0 Å². The lowest BCUT2D eigenvalue weighted by molar-refractivity contribution is -0.128. The number of carbonyl (C=O) groups excluding carboxylic acids is 1. The molecule has 1 aromatic rings. The Balaban J connectivity index is 2.85. The Morgan fingerprint density at radius 2 is 1.52 bits per heavy atom. The van der Waals surface area contributed by atoms with Crippen LogP contribution in [0.25, 0.3) is 0 Å². The van der Waals surface area contributed by atoms with E-state index in [4.69, 9.17) is 20.1 Å². The fraction of sp³-hybridized carbons (Fsp3) is 0.462. The predicted octanol–water partition coefficient (Wildman–Crippen LogP) is -2.02. The molecular weight excluding hydrogens is 284 g/mol. The van der Waals surface area contributed by atoms with E-state index < -0.39 is 43.6 Å². The zero-order valence-electron chi connectivity index (χ0n) is 11.0. The predicted molar refractivity (Wildman–Crippen MR) is 69.5 cm³/mol. The van der Waals surface area contributed by atoms with Gasteiger partial charge in [0.25, 0.3) is 0 Å². The molecule has 4 atom stereocenters. The number of carbonyl (C=O) groups is 1. The standard InChI is InChI=1S/C13H18O8/c14-5-9(17)11(19)12(10(18)6-15)21-13(20)7-1-3-8(16)4-2-7/h1-4,9-12,14-19H,5-6H2/t9-,10-,11+,12-/m0/s1. The molecule has 118 valence electrons. The van der Waals surface area contributed by atoms with E-state index in [2.05, 4.69) is 0 Å². The van der Waals surface area contributed by atoms with Crippen molar-refractivity contribution in [1.29, 1.82) is 0 Å². The van der Waals surface area contributed by atoms with Crippen LogP contribution < -0.4 is 0 Å². The van der Waals surface area contributed by atoms with Gasteiger partial charge in [-0.15, -0.1) is 0 Å². The summed E-state index contributed by atoms with van der Waals surface area (Å²) in [5, 5.41) is 55.4. The smallest absolute Gasteiger partial charge is 0.338 e. The molecule has 21 heavy (non-hydrogen) atoms. The van der Waals surface area contributed by atoms with Crippen molar-refractivity contribution in [3.63, 3.8) is 0 Å². The van der Waals surface area contributed by atoms with Gasteiger partial charge in [-0.25, -0.2) is 4.79 Å². The molecule has 1 rings (SSSR count). The number of aliphatic hydroxyl groups excluding tert-OH is 5. The van der Waals surface area contributed by atoms with Gasteiger partial charge in [0.1, 0.15) is 24.1 Å². The molecule has 0 aliphatic rings. The van der Waals surface area contributed by atoms with Crippen LogP contribution in [0.3, 0.4) is 0 Å². The summed E-state index contributed by atoms with van der Waals surface area (Å²) in [7, 11) is 0. The molecule has 8 heteroatoms. The number of hydrogen-bond acceptors (Lipinski definition) is 8. The van der Waals surface area contributed by atoms with Crippen LogP contribution in [0, 0.1) is 0 Å². The second-order valence-corrected chi connectivity index (χ2v) is 4.41. The first kappa shape index (κ1) is 17.3. The van der Waals surface area contributed by atoms with Crippen LogP contribution in [-0.2, 0) is 4.74 Å². The molecule has 8 nitrogen and oxygen atoms in total. The van der Waals surface area contributed by atoms with Gasteiger partial charge in [-0.1, -0.05) is 0 Å². The van der Waals surface area contributed by atoms with Gasteiger partial charge < -0.3 is 35.4 Å². The lowest BCUT2D eigenvalue weighted by atomic mass is 10.0. The molecule has 0 saturated carbocycles. The van der Waals surface area contributed by atoms with Crippen LogP contribution >= 0.6 is 0 Å². The Bertz CT molecular complexity index is 446. The molecule has 0 amide bonds. The van der Waals surface area contributed by atoms with Gasteiger partial charge in [-0.3, -0.25) is 0 Å². The summed E-state index contributed by atoms with van der Waals surface area (Å²) in [6, 6.07) is 5.00. The van der Waals surface area contributed by atoms with E-state index in [0.29, 0.717) is 0 Å². The summed E-state index contributed by atoms with van der Waals surface area (Å²) in [5.41, 5.74) is 0.0358. The monoisotopic (exact) mass is 302 g/mol. The maximum Gasteiger partial charge on any atom is 0.338 e. The molecule has 0 bridgehead atoms. The molecule has 1 aromatic carbocycles. The molecule has 0 aliphatic heterocycles. The summed E-state index contributed by atoms with van der Waals surface area (Å²) in [6.07, 6.45) is -6.69. The summed E-state index contributed by atoms with van der Waals surface area (Å²) in [4.78, 5) is 11.9. The van der Waals surface area contributed by atoms with E-state index in [0.717, 1.165) is 0 Å². The van der Waals surface area contributed by atoms with Crippen molar-refractivity contribution in [3.8, 4) is 5.75 Å². The minimum Gasteiger partial charge on any atom is -0.508 e. The van der Waals surface area contributed by atoms with Gasteiger partial charge in [0.05, 0.1) is 18.8 Å². The number of aromatic hydroxyl groups is 1. The number of esters is 1. The first-order valence-electron chi connectivity index (χ1n) is 6.16. The first-order chi connectivity index (χ1) is 9.90. The van der Waals surface area contributed by atoms with Gasteiger partial charge in [0.15, 0.2) is 6.10 Å². The average Bonchev–Trinajstić information content (AvgIpc) is 2.50. The summed E-state index contributed by atoms with van der Waals surface area (Å²) >= 11 is 0. The Morgan fingerprint density at radius 3 is 2.00 bits per heavy atom. The molecule has 6 N–H and O–H groups in total. The third kappa shape index (κ3) is 4.66. The fourth-order valence-corrected chi connectivity index (χ4v) is 1.60. The Hall–Kier alpha value is -1.71. The van der Waals surface area contributed by atoms with Crippen molar-refractivity contribution >= 4 is 5.97 Å². The minimum absolute atomic E-state index is 0.0358. The van der Waals surface area contributed by atoms with Gasteiger partial charge in [0.2, 0.25) is 0 Å². The number of hydrogen-bond donors (Lipinski definition) is 6. The second kappa shape index (κ2) is 7.91. The number of benzene rings is 1. The molecule has 0 unspecified atom stereocenters. The molecule has 0 radical (unpaired) electrons. The molecular formula is C13H18O8. The topological polar surface area (TPSA) is 148 Å². The third-order valence-electron chi connectivity index (χ3n) is 2.83. The van der Waals surface area contributed by atoms with Gasteiger partial charge in [-0.2, -0.15) is 0 Å². The van der Waals surface area contributed by atoms with Crippen molar-refractivity contribution in [1.82, 2.24) is 0 Å². The van der Waals surface area contributed by atoms with Crippen molar-refractivity contribution in [2.75, 3.05) is 13.2 Å². The molecule has 0 aromatic heterocycles. The highest BCUT2D eigenvalue weighted by molar-refractivity contribution is 5.89. The normalized spacial score (nSPS) is 16.8. The van der Waals surface area contributed by atoms with Gasteiger partial charge in [0, 0.05) is 0 Å². The maximum absolute atomic E-state index is 11.9. The number of phenols is 1. The van der Waals surface area contributed by atoms with Crippen LogP contribution in [0.4, 0.5) is 0 Å². The van der Waals surface area contributed by atoms with Crippen LogP contribution in [0.5, 0.6) is 5.75 Å². The summed E-state index contributed by atoms with van der Waals surface area (Å²) in [5.74, 6) is -0.995. The summed E-state index contributed by atoms with van der Waals surface area (Å²) < 4.78 is 4.86. The minimum atomic E-state index is -1.78. The van der Waals surface area contributed by atoms with E-state index in [1.807, 2.05) is 0 Å².